The van der Waals surface area contributed by atoms with Crippen LogP contribution in [0.4, 0.5) is 0 Å². The molecule has 0 radical (unpaired) electrons. The van der Waals surface area contributed by atoms with Gasteiger partial charge in [0.15, 0.2) is 5.11 Å². The van der Waals surface area contributed by atoms with Crippen molar-refractivity contribution in [1.82, 2.24) is 10.7 Å². The summed E-state index contributed by atoms with van der Waals surface area (Å²) in [6, 6.07) is 15.2. The highest BCUT2D eigenvalue weighted by Gasteiger charge is 2.02. The molecule has 0 aromatic heterocycles. The number of rotatable bonds is 7. The lowest BCUT2D eigenvalue weighted by Crippen LogP contribution is -2.31. The topological polar surface area (TPSA) is 45.7 Å². The summed E-state index contributed by atoms with van der Waals surface area (Å²) < 4.78 is 5.86. The van der Waals surface area contributed by atoms with Crippen LogP contribution in [-0.4, -0.2) is 17.9 Å². The van der Waals surface area contributed by atoms with Gasteiger partial charge >= 0.3 is 0 Å². The number of nitrogens with zero attached hydrogens (tertiary/aromatic N) is 1. The Balaban J connectivity index is 1.96. The number of nitrogens with one attached hydrogen (secondary N) is 2. The molecule has 0 atom stereocenters. The average Bonchev–Trinajstić information content (AvgIpc) is 2.59. The number of hydrogen-bond donors (Lipinski definition) is 2. The van der Waals surface area contributed by atoms with E-state index in [9.17, 15) is 0 Å². The van der Waals surface area contributed by atoms with Crippen LogP contribution in [0.1, 0.15) is 11.1 Å². The highest BCUT2D eigenvalue weighted by Crippen LogP contribution is 2.18. The van der Waals surface area contributed by atoms with E-state index in [1.54, 1.807) is 12.3 Å². The molecule has 0 unspecified atom stereocenters. The Kier molecular flexibility index (Phi) is 7.26. The van der Waals surface area contributed by atoms with Gasteiger partial charge in [0.25, 0.3) is 0 Å². The smallest absolute Gasteiger partial charge is 0.187 e. The molecule has 0 aliphatic rings. The van der Waals surface area contributed by atoms with E-state index in [2.05, 4.69) is 22.4 Å². The van der Waals surface area contributed by atoms with E-state index < -0.39 is 0 Å². The first-order valence-electron chi connectivity index (χ1n) is 7.33. The van der Waals surface area contributed by atoms with Crippen molar-refractivity contribution in [3.05, 3.63) is 77.3 Å². The molecule has 0 fully saturated rings. The molecule has 2 N–H and O–H groups in total. The Hall–Kier alpha value is -2.37. The summed E-state index contributed by atoms with van der Waals surface area (Å²) in [4.78, 5) is 0. The first kappa shape index (κ1) is 18.0. The Morgan fingerprint density at radius 2 is 2.08 bits per heavy atom. The van der Waals surface area contributed by atoms with Crippen molar-refractivity contribution in [1.29, 1.82) is 0 Å². The predicted octanol–water partition coefficient (Wildman–Crippen LogP) is 3.90. The highest BCUT2D eigenvalue weighted by molar-refractivity contribution is 7.80. The molecule has 0 heterocycles. The molecule has 0 saturated heterocycles. The van der Waals surface area contributed by atoms with Gasteiger partial charge in [0, 0.05) is 17.1 Å². The van der Waals surface area contributed by atoms with Gasteiger partial charge < -0.3 is 10.1 Å². The molecule has 0 bridgehead atoms. The summed E-state index contributed by atoms with van der Waals surface area (Å²) >= 11 is 11.1. The maximum Gasteiger partial charge on any atom is 0.187 e. The van der Waals surface area contributed by atoms with Crippen LogP contribution >= 0.6 is 23.8 Å². The zero-order valence-corrected chi connectivity index (χ0v) is 14.6. The third-order valence-electron chi connectivity index (χ3n) is 2.98. The van der Waals surface area contributed by atoms with Crippen LogP contribution in [0.2, 0.25) is 5.02 Å². The molecule has 0 saturated carbocycles. The number of thiocarbonyl (C=S) groups is 1. The van der Waals surface area contributed by atoms with Crippen LogP contribution in [0, 0.1) is 0 Å². The lowest BCUT2D eigenvalue weighted by atomic mass is 10.2. The van der Waals surface area contributed by atoms with Crippen LogP contribution in [0.5, 0.6) is 5.75 Å². The molecular weight excluding hydrogens is 342 g/mol. The fourth-order valence-electron chi connectivity index (χ4n) is 1.87. The van der Waals surface area contributed by atoms with Gasteiger partial charge in [-0.25, -0.2) is 0 Å². The van der Waals surface area contributed by atoms with Crippen molar-refractivity contribution in [2.24, 2.45) is 5.10 Å². The number of benzene rings is 2. The second kappa shape index (κ2) is 9.70. The van der Waals surface area contributed by atoms with Gasteiger partial charge in [-0.2, -0.15) is 5.10 Å². The Bertz CT molecular complexity index is 734. The van der Waals surface area contributed by atoms with Crippen molar-refractivity contribution < 1.29 is 4.74 Å². The number of hydrogen-bond acceptors (Lipinski definition) is 3. The van der Waals surface area contributed by atoms with E-state index in [0.717, 1.165) is 16.9 Å². The SMILES string of the molecule is C=CCNC(=S)NN=Cc1ccccc1OCc1cccc(Cl)c1. The second-order valence-corrected chi connectivity index (χ2v) is 5.67. The molecule has 0 aliphatic carbocycles. The number of halogens is 1. The fourth-order valence-corrected chi connectivity index (χ4v) is 2.22. The third kappa shape index (κ3) is 6.02. The van der Waals surface area contributed by atoms with Gasteiger partial charge in [0.2, 0.25) is 0 Å². The van der Waals surface area contributed by atoms with E-state index in [1.807, 2.05) is 48.5 Å². The van der Waals surface area contributed by atoms with Crippen molar-refractivity contribution in [2.75, 3.05) is 6.54 Å². The van der Waals surface area contributed by atoms with Gasteiger partial charge in [-0.15, -0.1) is 6.58 Å². The predicted molar refractivity (Wildman–Crippen MR) is 104 cm³/mol. The van der Waals surface area contributed by atoms with Crippen molar-refractivity contribution in [2.45, 2.75) is 6.61 Å². The number of para-hydroxylation sites is 1. The highest BCUT2D eigenvalue weighted by atomic mass is 35.5. The second-order valence-electron chi connectivity index (χ2n) is 4.83. The normalized spacial score (nSPS) is 10.4. The Morgan fingerprint density at radius 1 is 1.25 bits per heavy atom. The van der Waals surface area contributed by atoms with Gasteiger partial charge in [0.05, 0.1) is 6.21 Å². The number of ether oxygens (including phenoxy) is 1. The molecule has 2 rings (SSSR count). The van der Waals surface area contributed by atoms with Gasteiger partial charge in [-0.05, 0) is 42.0 Å². The minimum atomic E-state index is 0.429. The summed E-state index contributed by atoms with van der Waals surface area (Å²) in [6.45, 7) is 4.62. The Morgan fingerprint density at radius 3 is 2.88 bits per heavy atom. The lowest BCUT2D eigenvalue weighted by molar-refractivity contribution is 0.306. The summed E-state index contributed by atoms with van der Waals surface area (Å²) in [7, 11) is 0. The zero-order chi connectivity index (χ0) is 17.2. The Labute approximate surface area is 152 Å². The summed E-state index contributed by atoms with van der Waals surface area (Å²) in [6.07, 6.45) is 3.38. The van der Waals surface area contributed by atoms with Crippen molar-refractivity contribution in [3.8, 4) is 5.75 Å². The number of hydrazone groups is 1. The van der Waals surface area contributed by atoms with Crippen LogP contribution in [0.15, 0.2) is 66.3 Å². The van der Waals surface area contributed by atoms with E-state index in [1.165, 1.54) is 0 Å². The molecule has 0 amide bonds. The van der Waals surface area contributed by atoms with E-state index in [-0.39, 0.29) is 0 Å². The van der Waals surface area contributed by atoms with Crippen molar-refractivity contribution in [3.63, 3.8) is 0 Å². The molecule has 124 valence electrons. The van der Waals surface area contributed by atoms with Gasteiger partial charge in [-0.3, -0.25) is 5.43 Å². The molecule has 6 heteroatoms. The van der Waals surface area contributed by atoms with E-state index >= 15 is 0 Å². The molecule has 4 nitrogen and oxygen atoms in total. The summed E-state index contributed by atoms with van der Waals surface area (Å²) in [5.74, 6) is 0.730. The van der Waals surface area contributed by atoms with Crippen LogP contribution in [-0.2, 0) is 6.61 Å². The zero-order valence-electron chi connectivity index (χ0n) is 13.0. The maximum atomic E-state index is 5.98. The minimum absolute atomic E-state index is 0.429. The lowest BCUT2D eigenvalue weighted by Gasteiger charge is -2.09. The molecule has 0 spiro atoms. The summed E-state index contributed by atoms with van der Waals surface area (Å²) in [5, 5.41) is 8.16. The molecule has 2 aromatic rings. The third-order valence-corrected chi connectivity index (χ3v) is 3.45. The summed E-state index contributed by atoms with van der Waals surface area (Å²) in [5.41, 5.74) is 4.59. The standard InChI is InChI=1S/C18H18ClN3OS/c1-2-10-20-18(24)22-21-12-15-7-3-4-9-17(15)23-13-14-6-5-8-16(19)11-14/h2-9,11-12H,1,10,13H2,(H2,20,22,24). The van der Waals surface area contributed by atoms with E-state index in [4.69, 9.17) is 28.6 Å². The molecule has 24 heavy (non-hydrogen) atoms. The van der Waals surface area contributed by atoms with Gasteiger partial charge in [-0.1, -0.05) is 41.9 Å². The first-order valence-corrected chi connectivity index (χ1v) is 8.11. The average molecular weight is 360 g/mol. The van der Waals surface area contributed by atoms with Crippen molar-refractivity contribution >= 4 is 35.1 Å². The maximum absolute atomic E-state index is 5.98. The van der Waals surface area contributed by atoms with Crippen LogP contribution in [0.25, 0.3) is 0 Å². The monoisotopic (exact) mass is 359 g/mol. The minimum Gasteiger partial charge on any atom is -0.488 e. The van der Waals surface area contributed by atoms with E-state index in [0.29, 0.717) is 23.3 Å². The first-order chi connectivity index (χ1) is 11.7. The largest absolute Gasteiger partial charge is 0.488 e. The fraction of sp³-hybridized carbons (Fsp3) is 0.111. The van der Waals surface area contributed by atoms with Crippen LogP contribution in [0.3, 0.4) is 0 Å². The van der Waals surface area contributed by atoms with Crippen LogP contribution < -0.4 is 15.5 Å². The molecular formula is C18H18ClN3OS. The van der Waals surface area contributed by atoms with Gasteiger partial charge in [0.1, 0.15) is 12.4 Å². The molecule has 0 aliphatic heterocycles. The quantitative estimate of drug-likeness (QED) is 0.340. The molecule has 2 aromatic carbocycles.